The number of hydrogen-bond acceptors (Lipinski definition) is 5. The van der Waals surface area contributed by atoms with Gasteiger partial charge in [-0.15, -0.1) is 0 Å². The van der Waals surface area contributed by atoms with Gasteiger partial charge in [-0.25, -0.2) is 12.7 Å². The number of nitrogens with zero attached hydrogens (tertiary/aromatic N) is 1. The van der Waals surface area contributed by atoms with Crippen LogP contribution in [0.2, 0.25) is 0 Å². The van der Waals surface area contributed by atoms with Gasteiger partial charge in [-0.1, -0.05) is 12.1 Å². The topological polar surface area (TPSA) is 84.7 Å². The van der Waals surface area contributed by atoms with Crippen LogP contribution in [0.1, 0.15) is 6.42 Å². The van der Waals surface area contributed by atoms with Gasteiger partial charge in [0.05, 0.1) is 12.3 Å². The van der Waals surface area contributed by atoms with Crippen LogP contribution in [0.25, 0.3) is 0 Å². The first-order valence-corrected chi connectivity index (χ1v) is 7.97. The number of ether oxygens (including phenoxy) is 1. The summed E-state index contributed by atoms with van der Waals surface area (Å²) in [5.74, 6) is 0. The van der Waals surface area contributed by atoms with Crippen molar-refractivity contribution in [1.82, 2.24) is 4.31 Å². The van der Waals surface area contributed by atoms with Crippen LogP contribution in [0.5, 0.6) is 0 Å². The Hall–Kier alpha value is -1.15. The first-order valence-electron chi connectivity index (χ1n) is 6.53. The average Bonchev–Trinajstić information content (AvgIpc) is 2.43. The Labute approximate surface area is 121 Å². The molecule has 0 amide bonds. The molecule has 7 heteroatoms. The van der Waals surface area contributed by atoms with Gasteiger partial charge in [-0.05, 0) is 18.6 Å². The molecule has 1 aromatic carbocycles. The van der Waals surface area contributed by atoms with E-state index < -0.39 is 10.0 Å². The maximum Gasteiger partial charge on any atom is 0.244 e. The molecule has 0 aliphatic heterocycles. The maximum atomic E-state index is 12.2. The molecule has 0 aliphatic rings. The standard InChI is InChI=1S/C13H23N3O3S/c1-16(2)20(17,18)13-7-4-3-6-12(13)15-9-5-10-19-11-8-14/h3-4,6-7,15H,5,8-11,14H2,1-2H3. The smallest absolute Gasteiger partial charge is 0.244 e. The lowest BCUT2D eigenvalue weighted by Crippen LogP contribution is -2.23. The zero-order valence-corrected chi connectivity index (χ0v) is 12.8. The molecule has 114 valence electrons. The molecule has 0 heterocycles. The van der Waals surface area contributed by atoms with E-state index in [0.717, 1.165) is 6.42 Å². The lowest BCUT2D eigenvalue weighted by molar-refractivity contribution is 0.141. The molecule has 0 atom stereocenters. The van der Waals surface area contributed by atoms with E-state index >= 15 is 0 Å². The highest BCUT2D eigenvalue weighted by Crippen LogP contribution is 2.22. The van der Waals surface area contributed by atoms with Gasteiger partial charge < -0.3 is 15.8 Å². The highest BCUT2D eigenvalue weighted by molar-refractivity contribution is 7.89. The highest BCUT2D eigenvalue weighted by atomic mass is 32.2. The summed E-state index contributed by atoms with van der Waals surface area (Å²) in [7, 11) is -0.395. The van der Waals surface area contributed by atoms with Gasteiger partial charge in [-0.2, -0.15) is 0 Å². The first kappa shape index (κ1) is 16.9. The van der Waals surface area contributed by atoms with Crippen LogP contribution in [0, 0.1) is 0 Å². The number of nitrogens with one attached hydrogen (secondary N) is 1. The van der Waals surface area contributed by atoms with Crippen LogP contribution in [-0.2, 0) is 14.8 Å². The Morgan fingerprint density at radius 1 is 1.25 bits per heavy atom. The summed E-state index contributed by atoms with van der Waals surface area (Å²) in [5.41, 5.74) is 5.93. The van der Waals surface area contributed by atoms with Crippen molar-refractivity contribution in [3.63, 3.8) is 0 Å². The third-order valence-electron chi connectivity index (χ3n) is 2.69. The second-order valence-electron chi connectivity index (χ2n) is 4.46. The summed E-state index contributed by atoms with van der Waals surface area (Å²) in [5, 5.41) is 3.13. The molecule has 0 saturated heterocycles. The minimum Gasteiger partial charge on any atom is -0.384 e. The monoisotopic (exact) mass is 301 g/mol. The SMILES string of the molecule is CN(C)S(=O)(=O)c1ccccc1NCCCOCCN. The summed E-state index contributed by atoms with van der Waals surface area (Å²) in [6.45, 7) is 2.31. The van der Waals surface area contributed by atoms with Crippen molar-refractivity contribution >= 4 is 15.7 Å². The van der Waals surface area contributed by atoms with Crippen molar-refractivity contribution < 1.29 is 13.2 Å². The number of rotatable bonds is 9. The zero-order chi connectivity index (χ0) is 15.0. The van der Waals surface area contributed by atoms with Gasteiger partial charge >= 0.3 is 0 Å². The van der Waals surface area contributed by atoms with E-state index in [9.17, 15) is 8.42 Å². The van der Waals surface area contributed by atoms with E-state index in [2.05, 4.69) is 5.32 Å². The number of para-hydroxylation sites is 1. The lowest BCUT2D eigenvalue weighted by Gasteiger charge is -2.16. The summed E-state index contributed by atoms with van der Waals surface area (Å²) < 4.78 is 30.8. The van der Waals surface area contributed by atoms with Crippen LogP contribution in [0.15, 0.2) is 29.2 Å². The van der Waals surface area contributed by atoms with E-state index in [4.69, 9.17) is 10.5 Å². The van der Waals surface area contributed by atoms with Gasteiger partial charge in [0.25, 0.3) is 0 Å². The predicted molar refractivity (Wildman–Crippen MR) is 80.3 cm³/mol. The summed E-state index contributed by atoms with van der Waals surface area (Å²) in [6.07, 6.45) is 0.788. The van der Waals surface area contributed by atoms with Crippen LogP contribution in [0.3, 0.4) is 0 Å². The molecule has 0 radical (unpaired) electrons. The van der Waals surface area contributed by atoms with Crippen LogP contribution >= 0.6 is 0 Å². The first-order chi connectivity index (χ1) is 9.50. The molecular weight excluding hydrogens is 278 g/mol. The maximum absolute atomic E-state index is 12.2. The van der Waals surface area contributed by atoms with Crippen LogP contribution in [-0.4, -0.2) is 53.1 Å². The van der Waals surface area contributed by atoms with Crippen LogP contribution in [0.4, 0.5) is 5.69 Å². The number of benzene rings is 1. The third-order valence-corrected chi connectivity index (χ3v) is 4.56. The van der Waals surface area contributed by atoms with E-state index in [1.165, 1.54) is 18.4 Å². The molecule has 0 aliphatic carbocycles. The van der Waals surface area contributed by atoms with Gasteiger partial charge in [0.1, 0.15) is 4.90 Å². The van der Waals surface area contributed by atoms with Crippen LogP contribution < -0.4 is 11.1 Å². The second-order valence-corrected chi connectivity index (χ2v) is 6.59. The molecule has 1 aromatic rings. The normalized spacial score (nSPS) is 11.8. The molecule has 0 fully saturated rings. The van der Waals surface area contributed by atoms with Crippen molar-refractivity contribution in [1.29, 1.82) is 0 Å². The number of sulfonamides is 1. The molecule has 0 saturated carbocycles. The molecule has 0 aromatic heterocycles. The minimum atomic E-state index is -3.44. The Bertz CT molecular complexity index is 503. The predicted octanol–water partition coefficient (Wildman–Crippen LogP) is 0.714. The van der Waals surface area contributed by atoms with E-state index in [1.807, 2.05) is 6.07 Å². The van der Waals surface area contributed by atoms with Crippen molar-refractivity contribution in [3.8, 4) is 0 Å². The van der Waals surface area contributed by atoms with Gasteiger partial charge in [0.2, 0.25) is 10.0 Å². The highest BCUT2D eigenvalue weighted by Gasteiger charge is 2.20. The fourth-order valence-corrected chi connectivity index (χ4v) is 2.68. The quantitative estimate of drug-likeness (QED) is 0.656. The Morgan fingerprint density at radius 2 is 1.95 bits per heavy atom. The Kier molecular flexibility index (Phi) is 6.94. The van der Waals surface area contributed by atoms with E-state index in [0.29, 0.717) is 32.0 Å². The second kappa shape index (κ2) is 8.21. The van der Waals surface area contributed by atoms with Crippen molar-refractivity contribution in [2.45, 2.75) is 11.3 Å². The average molecular weight is 301 g/mol. The van der Waals surface area contributed by atoms with Crippen molar-refractivity contribution in [2.75, 3.05) is 45.7 Å². The molecule has 20 heavy (non-hydrogen) atoms. The Morgan fingerprint density at radius 3 is 2.60 bits per heavy atom. The zero-order valence-electron chi connectivity index (χ0n) is 12.0. The largest absolute Gasteiger partial charge is 0.384 e. The lowest BCUT2D eigenvalue weighted by atomic mass is 10.3. The number of anilines is 1. The molecule has 0 bridgehead atoms. The summed E-state index contributed by atoms with van der Waals surface area (Å²) in [4.78, 5) is 0.285. The van der Waals surface area contributed by atoms with Crippen molar-refractivity contribution in [2.24, 2.45) is 5.73 Å². The van der Waals surface area contributed by atoms with E-state index in [-0.39, 0.29) is 4.90 Å². The third kappa shape index (κ3) is 4.75. The molecule has 6 nitrogen and oxygen atoms in total. The minimum absolute atomic E-state index is 0.285. The molecule has 0 unspecified atom stereocenters. The summed E-state index contributed by atoms with van der Waals surface area (Å²) >= 11 is 0. The fraction of sp³-hybridized carbons (Fsp3) is 0.538. The Balaban J connectivity index is 2.63. The van der Waals surface area contributed by atoms with Crippen molar-refractivity contribution in [3.05, 3.63) is 24.3 Å². The molecule has 3 N–H and O–H groups in total. The molecule has 1 rings (SSSR count). The fourth-order valence-electron chi connectivity index (χ4n) is 1.62. The van der Waals surface area contributed by atoms with E-state index in [1.54, 1.807) is 18.2 Å². The number of nitrogens with two attached hydrogens (primary N) is 1. The summed E-state index contributed by atoms with van der Waals surface area (Å²) in [6, 6.07) is 6.88. The van der Waals surface area contributed by atoms with Gasteiger partial charge in [0.15, 0.2) is 0 Å². The number of hydrogen-bond donors (Lipinski definition) is 2. The molecule has 0 spiro atoms. The van der Waals surface area contributed by atoms with Gasteiger partial charge in [0, 0.05) is 33.8 Å². The molecular formula is C13H23N3O3S. The van der Waals surface area contributed by atoms with Gasteiger partial charge in [-0.3, -0.25) is 0 Å².